The van der Waals surface area contributed by atoms with Crippen LogP contribution in [0.3, 0.4) is 0 Å². The molecular formula is C9H11NO2. The smallest absolute Gasteiger partial charge is 0.309 e. The van der Waals surface area contributed by atoms with Gasteiger partial charge >= 0.3 is 5.97 Å². The van der Waals surface area contributed by atoms with E-state index in [1.165, 1.54) is 5.69 Å². The predicted octanol–water partition coefficient (Wildman–Crippen LogP) is 1.06. The molecule has 3 nitrogen and oxygen atoms in total. The van der Waals surface area contributed by atoms with E-state index in [2.05, 4.69) is 4.57 Å². The number of fused-ring (bicyclic) bond motifs is 1. The van der Waals surface area contributed by atoms with Gasteiger partial charge in [0.25, 0.3) is 0 Å². The molecule has 0 bridgehead atoms. The first-order chi connectivity index (χ1) is 5.77. The van der Waals surface area contributed by atoms with Crippen LogP contribution in [0.5, 0.6) is 0 Å². The molecular weight excluding hydrogens is 154 g/mol. The number of carboxylic acid groups (broad SMARTS) is 1. The van der Waals surface area contributed by atoms with E-state index in [9.17, 15) is 4.79 Å². The summed E-state index contributed by atoms with van der Waals surface area (Å²) in [6.45, 7) is 0.991. The summed E-state index contributed by atoms with van der Waals surface area (Å²) >= 11 is 0. The second-order valence-electron chi connectivity index (χ2n) is 3.14. The number of aryl methyl sites for hydroxylation is 1. The van der Waals surface area contributed by atoms with Gasteiger partial charge in [-0.15, -0.1) is 0 Å². The van der Waals surface area contributed by atoms with E-state index in [0.29, 0.717) is 0 Å². The monoisotopic (exact) mass is 165 g/mol. The van der Waals surface area contributed by atoms with Crippen molar-refractivity contribution in [2.45, 2.75) is 25.8 Å². The molecule has 3 heteroatoms. The maximum absolute atomic E-state index is 10.5. The number of carboxylic acids is 1. The minimum absolute atomic E-state index is 0.153. The third-order valence-electron chi connectivity index (χ3n) is 2.31. The van der Waals surface area contributed by atoms with Crippen LogP contribution in [0.4, 0.5) is 0 Å². The lowest BCUT2D eigenvalue weighted by atomic mass is 10.3. The number of nitrogens with zero attached hydrogens (tertiary/aromatic N) is 1. The maximum Gasteiger partial charge on any atom is 0.309 e. The molecule has 1 aliphatic heterocycles. The van der Waals surface area contributed by atoms with Gasteiger partial charge in [0.2, 0.25) is 0 Å². The molecule has 2 heterocycles. The second kappa shape index (κ2) is 2.66. The van der Waals surface area contributed by atoms with Gasteiger partial charge in [-0.3, -0.25) is 4.79 Å². The zero-order valence-electron chi connectivity index (χ0n) is 6.79. The van der Waals surface area contributed by atoms with Crippen molar-refractivity contribution in [1.82, 2.24) is 4.57 Å². The van der Waals surface area contributed by atoms with Crippen LogP contribution in [-0.4, -0.2) is 15.6 Å². The highest BCUT2D eigenvalue weighted by atomic mass is 16.4. The van der Waals surface area contributed by atoms with E-state index in [-0.39, 0.29) is 6.42 Å². The van der Waals surface area contributed by atoms with Crippen molar-refractivity contribution in [3.63, 3.8) is 0 Å². The molecule has 1 aromatic rings. The average Bonchev–Trinajstić information content (AvgIpc) is 2.52. The van der Waals surface area contributed by atoms with Gasteiger partial charge in [-0.25, -0.2) is 0 Å². The molecule has 1 N–H and O–H groups in total. The van der Waals surface area contributed by atoms with E-state index in [0.717, 1.165) is 25.1 Å². The number of hydrogen-bond donors (Lipinski definition) is 1. The molecule has 0 radical (unpaired) electrons. The summed E-state index contributed by atoms with van der Waals surface area (Å²) in [5, 5.41) is 8.60. The lowest BCUT2D eigenvalue weighted by molar-refractivity contribution is -0.136. The second-order valence-corrected chi connectivity index (χ2v) is 3.14. The molecule has 0 atom stereocenters. The highest BCUT2D eigenvalue weighted by Crippen LogP contribution is 2.19. The molecule has 0 aromatic carbocycles. The van der Waals surface area contributed by atoms with Crippen molar-refractivity contribution in [2.75, 3.05) is 0 Å². The fraction of sp³-hybridized carbons (Fsp3) is 0.444. The van der Waals surface area contributed by atoms with Crippen molar-refractivity contribution in [1.29, 1.82) is 0 Å². The van der Waals surface area contributed by atoms with Crippen molar-refractivity contribution in [3.8, 4) is 0 Å². The summed E-state index contributed by atoms with van der Waals surface area (Å²) in [7, 11) is 0. The Morgan fingerprint density at radius 1 is 1.58 bits per heavy atom. The van der Waals surface area contributed by atoms with E-state index in [1.54, 1.807) is 0 Å². The van der Waals surface area contributed by atoms with Gasteiger partial charge in [0, 0.05) is 17.9 Å². The van der Waals surface area contributed by atoms with Crippen molar-refractivity contribution < 1.29 is 9.90 Å². The predicted molar refractivity (Wildman–Crippen MR) is 44.1 cm³/mol. The van der Waals surface area contributed by atoms with Gasteiger partial charge in [-0.2, -0.15) is 0 Å². The minimum atomic E-state index is -0.747. The van der Waals surface area contributed by atoms with E-state index < -0.39 is 5.97 Å². The van der Waals surface area contributed by atoms with E-state index in [4.69, 9.17) is 5.11 Å². The lowest BCUT2D eigenvalue weighted by Crippen LogP contribution is -2.06. The van der Waals surface area contributed by atoms with Gasteiger partial charge < -0.3 is 9.67 Å². The van der Waals surface area contributed by atoms with Crippen molar-refractivity contribution >= 4 is 5.97 Å². The quantitative estimate of drug-likeness (QED) is 0.712. The summed E-state index contributed by atoms with van der Waals surface area (Å²) in [5.74, 6) is -0.747. The van der Waals surface area contributed by atoms with Crippen LogP contribution in [0.25, 0.3) is 0 Å². The molecule has 0 unspecified atom stereocenters. The topological polar surface area (TPSA) is 42.2 Å². The van der Waals surface area contributed by atoms with Crippen LogP contribution in [0.1, 0.15) is 17.8 Å². The average molecular weight is 165 g/mol. The molecule has 0 saturated carbocycles. The van der Waals surface area contributed by atoms with Gasteiger partial charge in [0.1, 0.15) is 0 Å². The number of aromatic nitrogens is 1. The maximum atomic E-state index is 10.5. The number of carbonyl (C=O) groups is 1. The van der Waals surface area contributed by atoms with Crippen LogP contribution < -0.4 is 0 Å². The highest BCUT2D eigenvalue weighted by molar-refractivity contribution is 5.69. The summed E-state index contributed by atoms with van der Waals surface area (Å²) in [6, 6.07) is 3.95. The standard InChI is InChI=1S/C9H11NO2/c11-9(12)6-8-4-3-7-2-1-5-10(7)8/h3-4H,1-2,5-6H2,(H,11,12). The van der Waals surface area contributed by atoms with Crippen LogP contribution in [0, 0.1) is 0 Å². The van der Waals surface area contributed by atoms with Gasteiger partial charge in [-0.1, -0.05) is 0 Å². The minimum Gasteiger partial charge on any atom is -0.481 e. The molecule has 0 aliphatic carbocycles. The molecule has 2 rings (SSSR count). The first-order valence-corrected chi connectivity index (χ1v) is 4.16. The lowest BCUT2D eigenvalue weighted by Gasteiger charge is -2.02. The Labute approximate surface area is 70.6 Å². The fourth-order valence-corrected chi connectivity index (χ4v) is 1.79. The third kappa shape index (κ3) is 1.11. The van der Waals surface area contributed by atoms with Gasteiger partial charge in [-0.05, 0) is 25.0 Å². The Morgan fingerprint density at radius 3 is 3.17 bits per heavy atom. The molecule has 0 spiro atoms. The summed E-state index contributed by atoms with van der Waals surface area (Å²) in [5.41, 5.74) is 2.22. The van der Waals surface area contributed by atoms with Crippen LogP contribution in [0.2, 0.25) is 0 Å². The number of hydrogen-bond acceptors (Lipinski definition) is 1. The van der Waals surface area contributed by atoms with Crippen LogP contribution >= 0.6 is 0 Å². The SMILES string of the molecule is O=C(O)Cc1ccc2n1CCC2. The summed E-state index contributed by atoms with van der Waals surface area (Å²) < 4.78 is 2.12. The Balaban J connectivity index is 2.27. The largest absolute Gasteiger partial charge is 0.481 e. The summed E-state index contributed by atoms with van der Waals surface area (Å²) in [4.78, 5) is 10.5. The molecule has 12 heavy (non-hydrogen) atoms. The van der Waals surface area contributed by atoms with E-state index >= 15 is 0 Å². The van der Waals surface area contributed by atoms with Crippen LogP contribution in [0.15, 0.2) is 12.1 Å². The summed E-state index contributed by atoms with van der Waals surface area (Å²) in [6.07, 6.45) is 2.41. The van der Waals surface area contributed by atoms with Gasteiger partial charge in [0.15, 0.2) is 0 Å². The molecule has 0 fully saturated rings. The van der Waals surface area contributed by atoms with Crippen LogP contribution in [-0.2, 0) is 24.2 Å². The highest BCUT2D eigenvalue weighted by Gasteiger charge is 2.14. The van der Waals surface area contributed by atoms with Crippen molar-refractivity contribution in [2.24, 2.45) is 0 Å². The fourth-order valence-electron chi connectivity index (χ4n) is 1.79. The normalized spacial score (nSPS) is 14.7. The Bertz CT molecular complexity index is 314. The number of aliphatic carboxylic acids is 1. The zero-order valence-corrected chi connectivity index (χ0v) is 6.79. The molecule has 64 valence electrons. The molecule has 1 aromatic heterocycles. The Hall–Kier alpha value is -1.25. The first-order valence-electron chi connectivity index (χ1n) is 4.16. The zero-order chi connectivity index (χ0) is 8.55. The first kappa shape index (κ1) is 7.40. The third-order valence-corrected chi connectivity index (χ3v) is 2.31. The van der Waals surface area contributed by atoms with Gasteiger partial charge in [0.05, 0.1) is 6.42 Å². The molecule has 1 aliphatic rings. The Morgan fingerprint density at radius 2 is 2.42 bits per heavy atom. The Kier molecular flexibility index (Phi) is 1.64. The van der Waals surface area contributed by atoms with E-state index in [1.807, 2.05) is 12.1 Å². The van der Waals surface area contributed by atoms with Crippen molar-refractivity contribution in [3.05, 3.63) is 23.5 Å². The molecule has 0 amide bonds. The number of rotatable bonds is 2. The molecule has 0 saturated heterocycles.